The second-order valence-corrected chi connectivity index (χ2v) is 8.11. The van der Waals surface area contributed by atoms with Gasteiger partial charge >= 0.3 is 0 Å². The summed E-state index contributed by atoms with van der Waals surface area (Å²) in [6, 6.07) is 7.39. The van der Waals surface area contributed by atoms with Gasteiger partial charge in [0.2, 0.25) is 0 Å². The van der Waals surface area contributed by atoms with Crippen LogP contribution in [0.1, 0.15) is 83.7 Å². The zero-order valence-electron chi connectivity index (χ0n) is 18.7. The minimum Gasteiger partial charge on any atom is -0.391 e. The lowest BCUT2D eigenvalue weighted by atomic mass is 9.85. The minimum atomic E-state index is -0.414. The number of rotatable bonds is 2. The van der Waals surface area contributed by atoms with E-state index in [1.807, 2.05) is 52.0 Å². The molecule has 4 heteroatoms. The molecule has 0 radical (unpaired) electrons. The zero-order valence-corrected chi connectivity index (χ0v) is 19.6. The van der Waals surface area contributed by atoms with Crippen molar-refractivity contribution >= 4 is 18.5 Å². The molecule has 3 atom stereocenters. The fourth-order valence-corrected chi connectivity index (χ4v) is 2.48. The highest BCUT2D eigenvalue weighted by Gasteiger charge is 2.28. The van der Waals surface area contributed by atoms with Gasteiger partial charge in [-0.3, -0.25) is 4.79 Å². The molecule has 0 aliphatic heterocycles. The Morgan fingerprint density at radius 2 is 1.63 bits per heavy atom. The maximum absolute atomic E-state index is 12.0. The van der Waals surface area contributed by atoms with E-state index in [-0.39, 0.29) is 11.9 Å². The van der Waals surface area contributed by atoms with Gasteiger partial charge in [0.15, 0.2) is 0 Å². The smallest absolute Gasteiger partial charge is 0.251 e. The van der Waals surface area contributed by atoms with Gasteiger partial charge in [0.1, 0.15) is 0 Å². The number of nitrogens with one attached hydrogen (secondary N) is 1. The molecule has 3 nitrogen and oxygen atoms in total. The monoisotopic (exact) mass is 397 g/mol. The summed E-state index contributed by atoms with van der Waals surface area (Å²) in [4.78, 5) is 12.0. The van der Waals surface area contributed by atoms with Gasteiger partial charge in [-0.25, -0.2) is 0 Å². The molecule has 0 bridgehead atoms. The van der Waals surface area contributed by atoms with Crippen molar-refractivity contribution in [1.82, 2.24) is 5.32 Å². The molecule has 3 unspecified atom stereocenters. The first-order chi connectivity index (χ1) is 12.7. The molecular weight excluding hydrogens is 354 g/mol. The Hall–Kier alpha value is -1.00. The summed E-state index contributed by atoms with van der Waals surface area (Å²) in [6.45, 7) is 16.6. The van der Waals surface area contributed by atoms with Crippen LogP contribution in [0.3, 0.4) is 0 Å². The predicted molar refractivity (Wildman–Crippen MR) is 123 cm³/mol. The SMILES string of the molecule is CC.CC(C)C.CCS.Cc1ccc(C(=O)NC2CCC(C)CC2O)cc1. The van der Waals surface area contributed by atoms with Crippen LogP contribution in [0.4, 0.5) is 0 Å². The third-order valence-corrected chi connectivity index (χ3v) is 3.71. The first kappa shape index (κ1) is 28.2. The molecule has 1 aliphatic carbocycles. The van der Waals surface area contributed by atoms with Crippen LogP contribution in [0.25, 0.3) is 0 Å². The fourth-order valence-electron chi connectivity index (χ4n) is 2.48. The van der Waals surface area contributed by atoms with Crippen molar-refractivity contribution in [2.24, 2.45) is 11.8 Å². The summed E-state index contributed by atoms with van der Waals surface area (Å²) in [5.41, 5.74) is 1.80. The van der Waals surface area contributed by atoms with Gasteiger partial charge in [0.25, 0.3) is 5.91 Å². The number of amides is 1. The quantitative estimate of drug-likeness (QED) is 0.544. The first-order valence-electron chi connectivity index (χ1n) is 10.4. The number of carbonyl (C=O) groups excluding carboxylic acids is 1. The Morgan fingerprint density at radius 1 is 1.19 bits per heavy atom. The summed E-state index contributed by atoms with van der Waals surface area (Å²) in [7, 11) is 0. The van der Waals surface area contributed by atoms with Crippen molar-refractivity contribution in [3.63, 3.8) is 0 Å². The zero-order chi connectivity index (χ0) is 21.4. The normalized spacial score (nSPS) is 20.8. The Bertz CT molecular complexity index is 471. The van der Waals surface area contributed by atoms with Crippen molar-refractivity contribution in [2.45, 2.75) is 86.8 Å². The van der Waals surface area contributed by atoms with E-state index in [2.05, 4.69) is 45.6 Å². The van der Waals surface area contributed by atoms with Gasteiger partial charge in [-0.2, -0.15) is 12.6 Å². The van der Waals surface area contributed by atoms with Crippen LogP contribution < -0.4 is 5.32 Å². The lowest BCUT2D eigenvalue weighted by Crippen LogP contribution is -2.46. The highest BCUT2D eigenvalue weighted by molar-refractivity contribution is 7.80. The van der Waals surface area contributed by atoms with Crippen LogP contribution in [-0.4, -0.2) is 28.9 Å². The molecule has 0 heterocycles. The molecule has 1 aliphatic rings. The van der Waals surface area contributed by atoms with Crippen LogP contribution >= 0.6 is 12.6 Å². The van der Waals surface area contributed by atoms with Gasteiger partial charge in [0.05, 0.1) is 12.1 Å². The lowest BCUT2D eigenvalue weighted by Gasteiger charge is -2.32. The number of thiol groups is 1. The van der Waals surface area contributed by atoms with E-state index in [0.29, 0.717) is 11.5 Å². The lowest BCUT2D eigenvalue weighted by molar-refractivity contribution is 0.0599. The summed E-state index contributed by atoms with van der Waals surface area (Å²) in [5, 5.41) is 12.9. The fraction of sp³-hybridized carbons (Fsp3) is 0.696. The van der Waals surface area contributed by atoms with Crippen molar-refractivity contribution in [3.05, 3.63) is 35.4 Å². The van der Waals surface area contributed by atoms with E-state index < -0.39 is 6.10 Å². The summed E-state index contributed by atoms with van der Waals surface area (Å²) in [6.07, 6.45) is 2.29. The van der Waals surface area contributed by atoms with E-state index in [9.17, 15) is 9.90 Å². The Kier molecular flexibility index (Phi) is 17.9. The van der Waals surface area contributed by atoms with Gasteiger partial charge in [-0.05, 0) is 55.9 Å². The molecular formula is C23H43NO2S. The molecule has 1 fully saturated rings. The van der Waals surface area contributed by atoms with Gasteiger partial charge < -0.3 is 10.4 Å². The molecule has 1 aromatic carbocycles. The highest BCUT2D eigenvalue weighted by Crippen LogP contribution is 2.24. The molecule has 1 saturated carbocycles. The number of aliphatic hydroxyl groups is 1. The van der Waals surface area contributed by atoms with Crippen molar-refractivity contribution < 1.29 is 9.90 Å². The van der Waals surface area contributed by atoms with E-state index in [1.54, 1.807) is 0 Å². The molecule has 158 valence electrons. The van der Waals surface area contributed by atoms with Crippen molar-refractivity contribution in [2.75, 3.05) is 5.75 Å². The molecule has 0 aromatic heterocycles. The molecule has 27 heavy (non-hydrogen) atoms. The standard InChI is InChI=1S/C15H21NO2.C4H10.C2H6S.C2H6/c1-10-3-6-12(7-4-10)15(18)16-13-8-5-11(2)9-14(13)17;1-4(2)3;1-2-3;1-2/h3-4,6-7,11,13-14,17H,5,8-9H2,1-2H3,(H,16,18);4H,1-3H3;3H,2H2,1H3;1-2H3. The molecule has 1 amide bonds. The van der Waals surface area contributed by atoms with Crippen molar-refractivity contribution in [3.8, 4) is 0 Å². The van der Waals surface area contributed by atoms with Gasteiger partial charge in [-0.15, -0.1) is 0 Å². The Morgan fingerprint density at radius 3 is 2.04 bits per heavy atom. The van der Waals surface area contributed by atoms with E-state index >= 15 is 0 Å². The van der Waals surface area contributed by atoms with Crippen LogP contribution in [-0.2, 0) is 0 Å². The predicted octanol–water partition coefficient (Wildman–Crippen LogP) is 5.90. The number of carbonyl (C=O) groups is 1. The number of hydrogen-bond acceptors (Lipinski definition) is 3. The number of hydrogen-bond donors (Lipinski definition) is 3. The second kappa shape index (κ2) is 17.1. The topological polar surface area (TPSA) is 49.3 Å². The molecule has 0 spiro atoms. The average Bonchev–Trinajstić information content (AvgIpc) is 2.60. The Labute approximate surface area is 173 Å². The molecule has 0 saturated heterocycles. The summed E-state index contributed by atoms with van der Waals surface area (Å²) >= 11 is 3.79. The average molecular weight is 398 g/mol. The summed E-state index contributed by atoms with van der Waals surface area (Å²) in [5.74, 6) is 2.24. The maximum Gasteiger partial charge on any atom is 0.251 e. The Balaban J connectivity index is 0. The largest absolute Gasteiger partial charge is 0.391 e. The number of benzene rings is 1. The van der Waals surface area contributed by atoms with Gasteiger partial charge in [-0.1, -0.05) is 66.2 Å². The molecule has 2 rings (SSSR count). The maximum atomic E-state index is 12.0. The third kappa shape index (κ3) is 14.7. The van der Waals surface area contributed by atoms with Crippen LogP contribution in [0.5, 0.6) is 0 Å². The summed E-state index contributed by atoms with van der Waals surface area (Å²) < 4.78 is 0. The van der Waals surface area contributed by atoms with Crippen molar-refractivity contribution in [1.29, 1.82) is 0 Å². The van der Waals surface area contributed by atoms with Crippen LogP contribution in [0.2, 0.25) is 0 Å². The first-order valence-corrected chi connectivity index (χ1v) is 11.0. The highest BCUT2D eigenvalue weighted by atomic mass is 32.1. The van der Waals surface area contributed by atoms with E-state index in [4.69, 9.17) is 0 Å². The minimum absolute atomic E-state index is 0.0893. The van der Waals surface area contributed by atoms with E-state index in [0.717, 1.165) is 36.5 Å². The van der Waals surface area contributed by atoms with Gasteiger partial charge in [0, 0.05) is 5.56 Å². The molecule has 2 N–H and O–H groups in total. The number of aryl methyl sites for hydroxylation is 1. The van der Waals surface area contributed by atoms with E-state index in [1.165, 1.54) is 0 Å². The van der Waals surface area contributed by atoms with Crippen LogP contribution in [0, 0.1) is 18.8 Å². The molecule has 1 aromatic rings. The van der Waals surface area contributed by atoms with Crippen LogP contribution in [0.15, 0.2) is 24.3 Å². The second-order valence-electron chi connectivity index (χ2n) is 7.48. The third-order valence-electron chi connectivity index (χ3n) is 3.71. The number of aliphatic hydroxyl groups excluding tert-OH is 1.